The van der Waals surface area contributed by atoms with Crippen LogP contribution >= 0.6 is 11.6 Å². The van der Waals surface area contributed by atoms with E-state index in [-0.39, 0.29) is 11.9 Å². The van der Waals surface area contributed by atoms with E-state index in [0.29, 0.717) is 35.2 Å². The lowest BCUT2D eigenvalue weighted by molar-refractivity contribution is -0.159. The lowest BCUT2D eigenvalue weighted by Crippen LogP contribution is -2.29. The molecule has 0 spiro atoms. The Hall–Kier alpha value is -1.79. The minimum atomic E-state index is -0.304. The lowest BCUT2D eigenvalue weighted by Gasteiger charge is -2.09. The van der Waals surface area contributed by atoms with Gasteiger partial charge in [-0.25, -0.2) is 9.86 Å². The molecule has 3 N–H and O–H groups in total. The Morgan fingerprint density at radius 2 is 2.05 bits per heavy atom. The minimum absolute atomic E-state index is 0.288. The van der Waals surface area contributed by atoms with Crippen LogP contribution in [0.3, 0.4) is 0 Å². The van der Waals surface area contributed by atoms with E-state index in [1.165, 1.54) is 7.05 Å². The normalized spacial score (nSPS) is 10.0. The molecule has 1 aromatic carbocycles. The van der Waals surface area contributed by atoms with Crippen LogP contribution in [0, 0.1) is 0 Å². The largest absolute Gasteiger partial charge is 0.338 e. The topological polar surface area (TPSA) is 81.7 Å². The molecular weight excluding hydrogens is 294 g/mol. The van der Waals surface area contributed by atoms with Gasteiger partial charge in [0.2, 0.25) is 5.91 Å². The van der Waals surface area contributed by atoms with Crippen LogP contribution in [-0.4, -0.2) is 35.8 Å². The van der Waals surface area contributed by atoms with E-state index in [1.807, 2.05) is 0 Å². The first-order valence-corrected chi connectivity index (χ1v) is 7.12. The fourth-order valence-corrected chi connectivity index (χ4v) is 1.87. The number of amides is 3. The fourth-order valence-electron chi connectivity index (χ4n) is 1.68. The number of unbranched alkanes of at least 4 members (excludes halogenated alkanes) is 2. The quantitative estimate of drug-likeness (QED) is 0.411. The minimum Gasteiger partial charge on any atom is -0.338 e. The third-order valence-electron chi connectivity index (χ3n) is 2.80. The third kappa shape index (κ3) is 7.53. The van der Waals surface area contributed by atoms with E-state index in [2.05, 4.69) is 10.6 Å². The second kappa shape index (κ2) is 9.20. The summed E-state index contributed by atoms with van der Waals surface area (Å²) in [5, 5.41) is 15.4. The van der Waals surface area contributed by atoms with Gasteiger partial charge in [-0.1, -0.05) is 24.1 Å². The van der Waals surface area contributed by atoms with Crippen LogP contribution in [0.15, 0.2) is 24.3 Å². The molecule has 0 aliphatic rings. The molecule has 3 amide bonds. The number of benzene rings is 1. The number of anilines is 1. The van der Waals surface area contributed by atoms with Gasteiger partial charge in [-0.05, 0) is 31.0 Å². The highest BCUT2D eigenvalue weighted by molar-refractivity contribution is 6.30. The summed E-state index contributed by atoms with van der Waals surface area (Å²) < 4.78 is 0. The van der Waals surface area contributed by atoms with Gasteiger partial charge in [0.25, 0.3) is 0 Å². The zero-order valence-electron chi connectivity index (χ0n) is 11.9. The summed E-state index contributed by atoms with van der Waals surface area (Å²) in [7, 11) is 1.31. The van der Waals surface area contributed by atoms with Crippen LogP contribution in [0.4, 0.5) is 10.5 Å². The number of nitrogens with zero attached hydrogens (tertiary/aromatic N) is 1. The standard InChI is InChI=1S/C14H20ClN3O3/c1-18(21)13(19)8-3-2-4-9-16-14(20)17-12-7-5-6-11(15)10-12/h5-7,10,21H,2-4,8-9H2,1H3,(H2,16,17,20). The van der Waals surface area contributed by atoms with Gasteiger partial charge in [0.05, 0.1) is 0 Å². The fraction of sp³-hybridized carbons (Fsp3) is 0.429. The van der Waals surface area contributed by atoms with Gasteiger partial charge in [-0.2, -0.15) is 0 Å². The maximum atomic E-state index is 11.6. The number of hydroxylamine groups is 2. The number of halogens is 1. The Morgan fingerprint density at radius 3 is 2.71 bits per heavy atom. The number of nitrogens with one attached hydrogen (secondary N) is 2. The second-order valence-corrected chi connectivity index (χ2v) is 5.06. The van der Waals surface area contributed by atoms with Gasteiger partial charge in [-0.3, -0.25) is 10.0 Å². The average Bonchev–Trinajstić information content (AvgIpc) is 2.42. The predicted octanol–water partition coefficient (Wildman–Crippen LogP) is 2.87. The first-order valence-electron chi connectivity index (χ1n) is 6.75. The Bertz CT molecular complexity index is 480. The molecule has 116 valence electrons. The maximum absolute atomic E-state index is 11.6. The number of rotatable bonds is 7. The van der Waals surface area contributed by atoms with Crippen molar-refractivity contribution < 1.29 is 14.8 Å². The van der Waals surface area contributed by atoms with Crippen molar-refractivity contribution in [1.29, 1.82) is 0 Å². The lowest BCUT2D eigenvalue weighted by atomic mass is 10.2. The highest BCUT2D eigenvalue weighted by Gasteiger charge is 2.05. The average molecular weight is 314 g/mol. The van der Waals surface area contributed by atoms with Crippen LogP contribution in [0.2, 0.25) is 5.02 Å². The van der Waals surface area contributed by atoms with E-state index in [1.54, 1.807) is 24.3 Å². The first kappa shape index (κ1) is 17.3. The highest BCUT2D eigenvalue weighted by Crippen LogP contribution is 2.14. The zero-order chi connectivity index (χ0) is 15.7. The molecule has 0 atom stereocenters. The monoisotopic (exact) mass is 313 g/mol. The van der Waals surface area contributed by atoms with Crippen LogP contribution in [0.1, 0.15) is 25.7 Å². The highest BCUT2D eigenvalue weighted by atomic mass is 35.5. The van der Waals surface area contributed by atoms with Crippen LogP contribution < -0.4 is 10.6 Å². The smallest absolute Gasteiger partial charge is 0.319 e. The Morgan fingerprint density at radius 1 is 1.29 bits per heavy atom. The van der Waals surface area contributed by atoms with Crippen LogP contribution in [0.5, 0.6) is 0 Å². The molecule has 0 aromatic heterocycles. The summed E-state index contributed by atoms with van der Waals surface area (Å²) in [4.78, 5) is 22.7. The van der Waals surface area contributed by atoms with E-state index in [0.717, 1.165) is 12.8 Å². The van der Waals surface area contributed by atoms with Crippen LogP contribution in [-0.2, 0) is 4.79 Å². The molecule has 0 bridgehead atoms. The van der Waals surface area contributed by atoms with Crippen molar-refractivity contribution in [2.45, 2.75) is 25.7 Å². The maximum Gasteiger partial charge on any atom is 0.319 e. The number of hydrogen-bond donors (Lipinski definition) is 3. The molecular formula is C14H20ClN3O3. The number of hydrogen-bond acceptors (Lipinski definition) is 3. The van der Waals surface area contributed by atoms with Gasteiger partial charge in [-0.15, -0.1) is 0 Å². The Kier molecular flexibility index (Phi) is 7.56. The van der Waals surface area contributed by atoms with Crippen molar-refractivity contribution in [1.82, 2.24) is 10.4 Å². The van der Waals surface area contributed by atoms with E-state index >= 15 is 0 Å². The summed E-state index contributed by atoms with van der Waals surface area (Å²) in [5.41, 5.74) is 0.636. The molecule has 6 nitrogen and oxygen atoms in total. The molecule has 1 aromatic rings. The SMILES string of the molecule is CN(O)C(=O)CCCCCNC(=O)Nc1cccc(Cl)c1. The predicted molar refractivity (Wildman–Crippen MR) is 81.5 cm³/mol. The second-order valence-electron chi connectivity index (χ2n) is 4.62. The molecule has 0 heterocycles. The molecule has 0 aliphatic heterocycles. The summed E-state index contributed by atoms with van der Waals surface area (Å²) in [6.07, 6.45) is 2.56. The molecule has 1 rings (SSSR count). The van der Waals surface area contributed by atoms with E-state index < -0.39 is 0 Å². The zero-order valence-corrected chi connectivity index (χ0v) is 12.7. The van der Waals surface area contributed by atoms with Crippen molar-refractivity contribution in [3.05, 3.63) is 29.3 Å². The molecule has 0 fully saturated rings. The summed E-state index contributed by atoms with van der Waals surface area (Å²) in [6.45, 7) is 0.523. The Balaban J connectivity index is 2.10. The van der Waals surface area contributed by atoms with Gasteiger partial charge in [0.1, 0.15) is 0 Å². The molecule has 21 heavy (non-hydrogen) atoms. The van der Waals surface area contributed by atoms with Crippen molar-refractivity contribution in [2.75, 3.05) is 18.9 Å². The van der Waals surface area contributed by atoms with Crippen molar-refractivity contribution in [3.63, 3.8) is 0 Å². The van der Waals surface area contributed by atoms with Crippen molar-refractivity contribution >= 4 is 29.2 Å². The molecule has 0 aliphatic carbocycles. The molecule has 7 heteroatoms. The number of urea groups is 1. The van der Waals surface area contributed by atoms with Crippen LogP contribution in [0.25, 0.3) is 0 Å². The van der Waals surface area contributed by atoms with Gasteiger partial charge in [0, 0.05) is 30.7 Å². The summed E-state index contributed by atoms with van der Waals surface area (Å²) in [5.74, 6) is -0.304. The van der Waals surface area contributed by atoms with E-state index in [4.69, 9.17) is 16.8 Å². The van der Waals surface area contributed by atoms with E-state index in [9.17, 15) is 9.59 Å². The van der Waals surface area contributed by atoms with Gasteiger partial charge < -0.3 is 10.6 Å². The summed E-state index contributed by atoms with van der Waals surface area (Å²) in [6, 6.07) is 6.62. The van der Waals surface area contributed by atoms with Crippen molar-refractivity contribution in [3.8, 4) is 0 Å². The molecule has 0 unspecified atom stereocenters. The molecule has 0 saturated heterocycles. The number of carbonyl (C=O) groups is 2. The van der Waals surface area contributed by atoms with Crippen molar-refractivity contribution in [2.24, 2.45) is 0 Å². The van der Waals surface area contributed by atoms with Gasteiger partial charge in [0.15, 0.2) is 0 Å². The molecule has 0 radical (unpaired) electrons. The first-order chi connectivity index (χ1) is 9.99. The Labute approximate surface area is 129 Å². The molecule has 0 saturated carbocycles. The summed E-state index contributed by atoms with van der Waals surface area (Å²) >= 11 is 5.82. The number of carbonyl (C=O) groups excluding carboxylic acids is 2. The van der Waals surface area contributed by atoms with Gasteiger partial charge >= 0.3 is 6.03 Å². The third-order valence-corrected chi connectivity index (χ3v) is 3.03.